The maximum absolute atomic E-state index is 12.0. The van der Waals surface area contributed by atoms with Crippen LogP contribution in [0.1, 0.15) is 54.0 Å². The lowest BCUT2D eigenvalue weighted by Gasteiger charge is -2.20. The van der Waals surface area contributed by atoms with Gasteiger partial charge in [-0.1, -0.05) is 52.8 Å². The van der Waals surface area contributed by atoms with E-state index >= 15 is 0 Å². The van der Waals surface area contributed by atoms with Gasteiger partial charge in [0.2, 0.25) is 0 Å². The summed E-state index contributed by atoms with van der Waals surface area (Å²) < 4.78 is 4.29. The number of hydrogen-bond acceptors (Lipinski definition) is 3. The maximum atomic E-state index is 12.0. The first-order valence-corrected chi connectivity index (χ1v) is 10.9. The highest BCUT2D eigenvalue weighted by molar-refractivity contribution is 8.01. The number of carbonyl (C=O) groups excluding carboxylic acids is 1. The molecule has 2 aromatic carbocycles. The third kappa shape index (κ3) is 5.45. The maximum Gasteiger partial charge on any atom is 0.321 e. The molecule has 0 saturated carbocycles. The van der Waals surface area contributed by atoms with Crippen molar-refractivity contribution in [2.24, 2.45) is 0 Å². The van der Waals surface area contributed by atoms with E-state index in [2.05, 4.69) is 68.2 Å². The summed E-state index contributed by atoms with van der Waals surface area (Å²) in [6.45, 7) is 14.4. The van der Waals surface area contributed by atoms with Crippen molar-refractivity contribution in [3.8, 4) is 11.3 Å². The van der Waals surface area contributed by atoms with Gasteiger partial charge in [-0.3, -0.25) is 4.79 Å². The molecular weight excluding hydrogens is 378 g/mol. The molecule has 0 aliphatic rings. The molecule has 0 fully saturated rings. The second-order valence-corrected chi connectivity index (χ2v) is 10.1. The van der Waals surface area contributed by atoms with Crippen LogP contribution in [0.3, 0.4) is 0 Å². The third-order valence-corrected chi connectivity index (χ3v) is 5.85. The summed E-state index contributed by atoms with van der Waals surface area (Å²) >= 11 is 1.52. The van der Waals surface area contributed by atoms with E-state index in [0.717, 1.165) is 21.5 Å². The van der Waals surface area contributed by atoms with Crippen LogP contribution in [-0.2, 0) is 14.9 Å². The molecule has 3 aromatic rings. The number of rotatable bonds is 4. The Balaban J connectivity index is 0.00000145. The van der Waals surface area contributed by atoms with Crippen LogP contribution in [0.4, 0.5) is 0 Å². The zero-order valence-electron chi connectivity index (χ0n) is 18.8. The molecule has 3 nitrogen and oxygen atoms in total. The number of fused-ring (bicyclic) bond motifs is 1. The summed E-state index contributed by atoms with van der Waals surface area (Å²) in [5.74, 6) is -0.221. The smallest absolute Gasteiger partial charge is 0.321 e. The van der Waals surface area contributed by atoms with Gasteiger partial charge in [0.15, 0.2) is 0 Å². The fourth-order valence-corrected chi connectivity index (χ4v) is 4.14. The van der Waals surface area contributed by atoms with Crippen molar-refractivity contribution in [2.45, 2.75) is 63.5 Å². The Morgan fingerprint density at radius 1 is 0.966 bits per heavy atom. The third-order valence-electron chi connectivity index (χ3n) is 4.68. The number of H-pyrrole nitrogens is 1. The van der Waals surface area contributed by atoms with E-state index in [1.165, 1.54) is 30.0 Å². The first-order valence-electron chi connectivity index (χ1n) is 10.1. The number of thioether (sulfide) groups is 1. The molecule has 1 aromatic heterocycles. The second kappa shape index (κ2) is 9.08. The molecule has 0 aliphatic heterocycles. The lowest BCUT2D eigenvalue weighted by molar-refractivity contribution is -0.142. The predicted molar refractivity (Wildman–Crippen MR) is 126 cm³/mol. The minimum absolute atomic E-state index is 0.116. The molecule has 0 atom stereocenters. The molecule has 3 rings (SSSR count). The quantitative estimate of drug-likeness (QED) is 0.364. The SMILES string of the molecule is CC.COC(=O)C(C)(C)Sc1ccc2[nH]c(-c3cccc(C(C)(C)C)c3)cc2c1. The average Bonchev–Trinajstić information content (AvgIpc) is 3.11. The number of hydrogen-bond donors (Lipinski definition) is 1. The Kier molecular flexibility index (Phi) is 7.23. The summed E-state index contributed by atoms with van der Waals surface area (Å²) in [4.78, 5) is 16.5. The molecule has 0 aliphatic carbocycles. The van der Waals surface area contributed by atoms with Gasteiger partial charge in [0.1, 0.15) is 4.75 Å². The normalized spacial score (nSPS) is 11.7. The van der Waals surface area contributed by atoms with Crippen LogP contribution in [0.2, 0.25) is 0 Å². The topological polar surface area (TPSA) is 42.1 Å². The highest BCUT2D eigenvalue weighted by Gasteiger charge is 2.30. The van der Waals surface area contributed by atoms with E-state index in [4.69, 9.17) is 4.74 Å². The summed E-state index contributed by atoms with van der Waals surface area (Å²) in [6.07, 6.45) is 0. The fourth-order valence-electron chi connectivity index (χ4n) is 3.07. The summed E-state index contributed by atoms with van der Waals surface area (Å²) in [7, 11) is 1.43. The average molecular weight is 412 g/mol. The van der Waals surface area contributed by atoms with Crippen molar-refractivity contribution < 1.29 is 9.53 Å². The predicted octanol–water partition coefficient (Wildman–Crippen LogP) is 7.20. The molecular formula is C25H33NO2S. The van der Waals surface area contributed by atoms with Gasteiger partial charge in [-0.05, 0) is 60.7 Å². The second-order valence-electron chi connectivity index (χ2n) is 8.37. The van der Waals surface area contributed by atoms with Gasteiger partial charge in [0, 0.05) is 21.5 Å². The van der Waals surface area contributed by atoms with E-state index in [9.17, 15) is 4.79 Å². The number of ether oxygens (including phenoxy) is 1. The Morgan fingerprint density at radius 2 is 1.66 bits per heavy atom. The number of aromatic amines is 1. The minimum Gasteiger partial charge on any atom is -0.468 e. The van der Waals surface area contributed by atoms with Crippen molar-refractivity contribution in [1.82, 2.24) is 4.98 Å². The zero-order chi connectivity index (χ0) is 21.8. The van der Waals surface area contributed by atoms with Gasteiger partial charge < -0.3 is 9.72 Å². The number of nitrogens with one attached hydrogen (secondary N) is 1. The molecule has 0 radical (unpaired) electrons. The summed E-state index contributed by atoms with van der Waals surface area (Å²) in [5.41, 5.74) is 4.81. The van der Waals surface area contributed by atoms with Gasteiger partial charge in [-0.2, -0.15) is 0 Å². The van der Waals surface area contributed by atoms with E-state index in [1.54, 1.807) is 0 Å². The Labute approximate surface area is 179 Å². The van der Waals surface area contributed by atoms with Crippen LogP contribution in [0.5, 0.6) is 0 Å². The molecule has 0 spiro atoms. The molecule has 0 amide bonds. The van der Waals surface area contributed by atoms with E-state index in [-0.39, 0.29) is 11.4 Å². The van der Waals surface area contributed by atoms with Crippen molar-refractivity contribution >= 4 is 28.6 Å². The molecule has 0 unspecified atom stereocenters. The number of aromatic nitrogens is 1. The summed E-state index contributed by atoms with van der Waals surface area (Å²) in [5, 5.41) is 1.14. The largest absolute Gasteiger partial charge is 0.468 e. The molecule has 29 heavy (non-hydrogen) atoms. The first kappa shape index (κ1) is 23.1. The van der Waals surface area contributed by atoms with Crippen molar-refractivity contribution in [3.05, 3.63) is 54.1 Å². The number of benzene rings is 2. The van der Waals surface area contributed by atoms with Crippen LogP contribution in [0.25, 0.3) is 22.2 Å². The van der Waals surface area contributed by atoms with Crippen molar-refractivity contribution in [2.75, 3.05) is 7.11 Å². The Morgan fingerprint density at radius 3 is 2.28 bits per heavy atom. The molecule has 156 valence electrons. The van der Waals surface area contributed by atoms with Gasteiger partial charge in [-0.15, -0.1) is 11.8 Å². The lowest BCUT2D eigenvalue weighted by atomic mass is 9.86. The minimum atomic E-state index is -0.622. The molecule has 4 heteroatoms. The van der Waals surface area contributed by atoms with Gasteiger partial charge >= 0.3 is 5.97 Å². The highest BCUT2D eigenvalue weighted by Crippen LogP contribution is 2.36. The van der Waals surface area contributed by atoms with E-state index in [1.807, 2.05) is 33.8 Å². The zero-order valence-corrected chi connectivity index (χ0v) is 19.7. The number of esters is 1. The Hall–Kier alpha value is -2.20. The highest BCUT2D eigenvalue weighted by atomic mass is 32.2. The van der Waals surface area contributed by atoms with Crippen molar-refractivity contribution in [3.63, 3.8) is 0 Å². The summed E-state index contributed by atoms with van der Waals surface area (Å²) in [6, 6.07) is 17.1. The standard InChI is InChI=1S/C23H27NO2S.C2H6/c1-22(2,3)17-9-7-8-15(12-17)20-14-16-13-18(10-11-19(16)24-20)27-23(4,5)21(25)26-6;1-2/h7-14,24H,1-6H3;1-2H3. The molecule has 0 bridgehead atoms. The van der Waals surface area contributed by atoms with E-state index in [0.29, 0.717) is 0 Å². The number of methoxy groups -OCH3 is 1. The van der Waals surface area contributed by atoms with Gasteiger partial charge in [0.25, 0.3) is 0 Å². The molecule has 0 saturated heterocycles. The van der Waals surface area contributed by atoms with Gasteiger partial charge in [0.05, 0.1) is 7.11 Å². The van der Waals surface area contributed by atoms with Crippen LogP contribution >= 0.6 is 11.8 Å². The van der Waals surface area contributed by atoms with Crippen LogP contribution in [0.15, 0.2) is 53.4 Å². The van der Waals surface area contributed by atoms with Crippen molar-refractivity contribution in [1.29, 1.82) is 0 Å². The molecule has 1 N–H and O–H groups in total. The van der Waals surface area contributed by atoms with Gasteiger partial charge in [-0.25, -0.2) is 0 Å². The molecule has 1 heterocycles. The Bertz CT molecular complexity index is 980. The number of carbonyl (C=O) groups is 1. The van der Waals surface area contributed by atoms with Crippen LogP contribution < -0.4 is 0 Å². The lowest BCUT2D eigenvalue weighted by Crippen LogP contribution is -2.28. The first-order chi connectivity index (χ1) is 13.6. The monoisotopic (exact) mass is 411 g/mol. The van der Waals surface area contributed by atoms with E-state index < -0.39 is 4.75 Å². The fraction of sp³-hybridized carbons (Fsp3) is 0.400. The van der Waals surface area contributed by atoms with Crippen LogP contribution in [-0.4, -0.2) is 22.8 Å². The van der Waals surface area contributed by atoms with Crippen LogP contribution in [0, 0.1) is 0 Å².